The quantitative estimate of drug-likeness (QED) is 0.0366. The lowest BCUT2D eigenvalue weighted by molar-refractivity contribution is -0.151. The molecule has 0 aromatic carbocycles. The summed E-state index contributed by atoms with van der Waals surface area (Å²) in [6, 6.07) is 0. The van der Waals surface area contributed by atoms with E-state index < -0.39 is 24.0 Å². The van der Waals surface area contributed by atoms with Crippen molar-refractivity contribution in [3.05, 3.63) is 0 Å². The highest BCUT2D eigenvalue weighted by atomic mass is 16.5. The van der Waals surface area contributed by atoms with Crippen molar-refractivity contribution in [2.45, 2.75) is 173 Å². The van der Waals surface area contributed by atoms with Gasteiger partial charge in [0.2, 0.25) is 5.91 Å². The predicted molar refractivity (Wildman–Crippen MR) is 215 cm³/mol. The molecule has 55 heavy (non-hydrogen) atoms. The molecule has 13 nitrogen and oxygen atoms in total. The van der Waals surface area contributed by atoms with Gasteiger partial charge < -0.3 is 24.6 Å². The molecule has 0 bridgehead atoms. The number of unbranched alkanes of at least 4 members (excludes halogenated alkanes) is 19. The maximum atomic E-state index is 13.7. The van der Waals surface area contributed by atoms with Crippen LogP contribution in [0.2, 0.25) is 0 Å². The van der Waals surface area contributed by atoms with Crippen LogP contribution < -0.4 is 0 Å². The minimum absolute atomic E-state index is 0.0486. The van der Waals surface area contributed by atoms with Gasteiger partial charge in [-0.05, 0) is 25.7 Å². The monoisotopic (exact) mass is 783 g/mol. The Morgan fingerprint density at radius 1 is 0.618 bits per heavy atom. The van der Waals surface area contributed by atoms with Crippen LogP contribution in [0.15, 0.2) is 0 Å². The lowest BCUT2D eigenvalue weighted by Crippen LogP contribution is -2.61. The van der Waals surface area contributed by atoms with Gasteiger partial charge in [-0.1, -0.05) is 136 Å². The molecule has 0 spiro atoms. The third kappa shape index (κ3) is 25.2. The normalized spacial score (nSPS) is 16.5. The molecule has 1 rings (SSSR count). The molecular weight excluding hydrogens is 704 g/mol. The number of carboxylic acids is 2. The van der Waals surface area contributed by atoms with Gasteiger partial charge in [0.25, 0.3) is 12.9 Å². The Bertz CT molecular complexity index is 995. The number of carboxylic acid groups (broad SMARTS) is 2. The van der Waals surface area contributed by atoms with E-state index in [0.717, 1.165) is 38.8 Å². The van der Waals surface area contributed by atoms with Crippen LogP contribution >= 0.6 is 0 Å². The molecule has 320 valence electrons. The van der Waals surface area contributed by atoms with Gasteiger partial charge in [-0.2, -0.15) is 0 Å². The highest BCUT2D eigenvalue weighted by Gasteiger charge is 2.43. The average molecular weight is 783 g/mol. The molecule has 1 aliphatic heterocycles. The second-order valence-electron chi connectivity index (χ2n) is 15.7. The Balaban J connectivity index is 2.92. The zero-order valence-electron chi connectivity index (χ0n) is 34.7. The molecule has 1 heterocycles. The first-order valence-corrected chi connectivity index (χ1v) is 21.7. The van der Waals surface area contributed by atoms with Crippen LogP contribution in [0.5, 0.6) is 0 Å². The summed E-state index contributed by atoms with van der Waals surface area (Å²) in [5.41, 5.74) is -0.964. The number of carbonyl (C=O) groups excluding carboxylic acids is 3. The molecule has 13 heteroatoms. The predicted octanol–water partition coefficient (Wildman–Crippen LogP) is 7.31. The van der Waals surface area contributed by atoms with Gasteiger partial charge in [-0.25, -0.2) is 0 Å². The van der Waals surface area contributed by atoms with E-state index in [1.165, 1.54) is 103 Å². The molecule has 0 radical (unpaired) electrons. The van der Waals surface area contributed by atoms with Gasteiger partial charge in [0.1, 0.15) is 13.5 Å². The summed E-state index contributed by atoms with van der Waals surface area (Å²) in [5, 5.41) is 19.5. The Labute approximate surface area is 332 Å². The van der Waals surface area contributed by atoms with Gasteiger partial charge in [0.05, 0.1) is 18.6 Å². The van der Waals surface area contributed by atoms with E-state index in [1.807, 2.05) is 4.90 Å². The van der Waals surface area contributed by atoms with Gasteiger partial charge in [-0.3, -0.25) is 38.7 Å². The smallest absolute Gasteiger partial charge is 0.317 e. The largest absolute Gasteiger partial charge is 0.480 e. The van der Waals surface area contributed by atoms with Crippen molar-refractivity contribution in [3.8, 4) is 0 Å². The minimum atomic E-state index is -1.12. The van der Waals surface area contributed by atoms with E-state index in [9.17, 15) is 34.2 Å². The molecule has 0 aliphatic carbocycles. The van der Waals surface area contributed by atoms with Crippen molar-refractivity contribution in [1.82, 2.24) is 19.6 Å². The van der Waals surface area contributed by atoms with E-state index in [4.69, 9.17) is 9.47 Å². The van der Waals surface area contributed by atoms with Crippen LogP contribution in [0, 0.1) is 0 Å². The molecule has 1 unspecified atom stereocenters. The average Bonchev–Trinajstić information content (AvgIpc) is 3.33. The third-order valence-corrected chi connectivity index (χ3v) is 10.9. The number of aliphatic carboxylic acids is 2. The van der Waals surface area contributed by atoms with Gasteiger partial charge in [0, 0.05) is 45.7 Å². The highest BCUT2D eigenvalue weighted by molar-refractivity contribution is 5.76. The summed E-state index contributed by atoms with van der Waals surface area (Å²) in [6.07, 6.45) is 26.8. The number of amides is 1. The maximum Gasteiger partial charge on any atom is 0.317 e. The van der Waals surface area contributed by atoms with Crippen LogP contribution in [-0.2, 0) is 33.4 Å². The summed E-state index contributed by atoms with van der Waals surface area (Å²) in [5.74, 6) is -2.00. The van der Waals surface area contributed by atoms with Crippen molar-refractivity contribution in [2.24, 2.45) is 0 Å². The number of hydrogen-bond acceptors (Lipinski definition) is 10. The summed E-state index contributed by atoms with van der Waals surface area (Å²) in [7, 11) is 0. The van der Waals surface area contributed by atoms with Crippen LogP contribution in [0.3, 0.4) is 0 Å². The van der Waals surface area contributed by atoms with Crippen LogP contribution in [0.4, 0.5) is 0 Å². The number of carbonyl (C=O) groups is 5. The zero-order valence-corrected chi connectivity index (χ0v) is 34.7. The fraction of sp³-hybridized carbons (Fsp3) is 0.881. The van der Waals surface area contributed by atoms with Crippen molar-refractivity contribution in [2.75, 3.05) is 65.8 Å². The summed E-state index contributed by atoms with van der Waals surface area (Å²) in [4.78, 5) is 67.1. The molecule has 0 aromatic rings. The van der Waals surface area contributed by atoms with Gasteiger partial charge >= 0.3 is 11.9 Å². The molecule has 1 atom stereocenters. The van der Waals surface area contributed by atoms with E-state index in [-0.39, 0.29) is 45.5 Å². The molecule has 1 fully saturated rings. The van der Waals surface area contributed by atoms with Gasteiger partial charge in [0.15, 0.2) is 0 Å². The zero-order chi connectivity index (χ0) is 40.4. The molecule has 0 aromatic heterocycles. The molecule has 0 saturated carbocycles. The second-order valence-corrected chi connectivity index (χ2v) is 15.7. The first-order valence-electron chi connectivity index (χ1n) is 21.7. The molecular formula is C42H78N4O9. The standard InChI is InChI=1S/C42H78N4O9/c1-3-5-7-9-11-13-15-17-19-23-27-45(28-24-20-18-16-14-12-10-8-6-4-2)39(49)25-21-22-26-42(46(32-41(52)53)36-55-38-48)33-43(31-40(50)51)29-30-44(34-42)35-54-37-47/h37-38H,3-36H2,1-2H3,(H,50,51)(H,52,53). The molecule has 1 amide bonds. The third-order valence-electron chi connectivity index (χ3n) is 10.9. The van der Waals surface area contributed by atoms with Crippen molar-refractivity contribution in [1.29, 1.82) is 0 Å². The Hall–Kier alpha value is -2.77. The Morgan fingerprint density at radius 2 is 1.09 bits per heavy atom. The van der Waals surface area contributed by atoms with Crippen molar-refractivity contribution < 1.29 is 43.7 Å². The van der Waals surface area contributed by atoms with Crippen LogP contribution in [-0.4, -0.2) is 132 Å². The van der Waals surface area contributed by atoms with Crippen LogP contribution in [0.25, 0.3) is 0 Å². The molecule has 2 N–H and O–H groups in total. The molecule has 1 aliphatic rings. The fourth-order valence-corrected chi connectivity index (χ4v) is 7.88. The lowest BCUT2D eigenvalue weighted by atomic mass is 9.88. The number of rotatable bonds is 38. The van der Waals surface area contributed by atoms with Crippen LogP contribution in [0.1, 0.15) is 168 Å². The first-order chi connectivity index (χ1) is 26.7. The second kappa shape index (κ2) is 33.4. The maximum absolute atomic E-state index is 13.7. The first kappa shape index (κ1) is 50.2. The SMILES string of the molecule is CCCCCCCCCCCCN(CCCCCCCCCCCC)C(=O)CCCCC1(N(COC=O)CC(=O)O)CN(COC=O)CCN(CC(=O)O)C1. The van der Waals surface area contributed by atoms with Crippen molar-refractivity contribution in [3.63, 3.8) is 0 Å². The number of ether oxygens (including phenoxy) is 2. The lowest BCUT2D eigenvalue weighted by Gasteiger charge is -2.45. The topological polar surface area (TPSA) is 157 Å². The number of nitrogens with zero attached hydrogens (tertiary/aromatic N) is 4. The number of hydrogen-bond donors (Lipinski definition) is 2. The minimum Gasteiger partial charge on any atom is -0.480 e. The van der Waals surface area contributed by atoms with E-state index in [2.05, 4.69) is 18.7 Å². The van der Waals surface area contributed by atoms with E-state index >= 15 is 0 Å². The Kier molecular flexibility index (Phi) is 30.5. The fourth-order valence-electron chi connectivity index (χ4n) is 7.88. The van der Waals surface area contributed by atoms with Crippen molar-refractivity contribution >= 4 is 30.8 Å². The van der Waals surface area contributed by atoms with E-state index in [1.54, 1.807) is 9.80 Å². The summed E-state index contributed by atoms with van der Waals surface area (Å²) < 4.78 is 10.1. The summed E-state index contributed by atoms with van der Waals surface area (Å²) in [6.45, 7) is 6.77. The molecule has 1 saturated heterocycles. The van der Waals surface area contributed by atoms with Gasteiger partial charge in [-0.15, -0.1) is 0 Å². The Morgan fingerprint density at radius 3 is 1.56 bits per heavy atom. The summed E-state index contributed by atoms with van der Waals surface area (Å²) >= 11 is 0. The highest BCUT2D eigenvalue weighted by Crippen LogP contribution is 2.29. The van der Waals surface area contributed by atoms with E-state index in [0.29, 0.717) is 45.2 Å².